The zero-order valence-electron chi connectivity index (χ0n) is 40.1. The van der Waals surface area contributed by atoms with Crippen LogP contribution in [0.1, 0.15) is 90.5 Å². The summed E-state index contributed by atoms with van der Waals surface area (Å²) in [7, 11) is 0. The van der Waals surface area contributed by atoms with Crippen LogP contribution in [0.2, 0.25) is 0 Å². The Balaban J connectivity index is 1.59. The van der Waals surface area contributed by atoms with E-state index < -0.39 is 143 Å². The Hall–Kier alpha value is -6.18. The lowest BCUT2D eigenvalue weighted by Crippen LogP contribution is -2.64. The van der Waals surface area contributed by atoms with Crippen LogP contribution in [-0.4, -0.2) is 99.4 Å². The molecule has 0 aliphatic heterocycles. The van der Waals surface area contributed by atoms with Crippen molar-refractivity contribution in [2.75, 3.05) is 6.54 Å². The van der Waals surface area contributed by atoms with Crippen LogP contribution in [0.3, 0.4) is 0 Å². The summed E-state index contributed by atoms with van der Waals surface area (Å²) < 4.78 is 173. The Labute approximate surface area is 411 Å². The number of amides is 4. The molecule has 402 valence electrons. The van der Waals surface area contributed by atoms with Gasteiger partial charge in [0.1, 0.15) is 23.7 Å². The maximum Gasteiger partial charge on any atom is 0.396 e. The van der Waals surface area contributed by atoms with Gasteiger partial charge < -0.3 is 31.8 Å². The zero-order valence-corrected chi connectivity index (χ0v) is 40.1. The van der Waals surface area contributed by atoms with Gasteiger partial charge in [0.2, 0.25) is 17.7 Å². The first kappa shape index (κ1) is 57.7. The number of alkyl halides is 10. The first-order valence-corrected chi connectivity index (χ1v) is 22.6. The number of rotatable bonds is 23. The molecule has 26 heteroatoms. The van der Waals surface area contributed by atoms with Gasteiger partial charge in [-0.25, -0.2) is 18.5 Å². The predicted molar refractivity (Wildman–Crippen MR) is 240 cm³/mol. The second-order valence-electron chi connectivity index (χ2n) is 19.9. The van der Waals surface area contributed by atoms with Crippen LogP contribution in [-0.2, 0) is 32.1 Å². The molecule has 1 unspecified atom stereocenters. The van der Waals surface area contributed by atoms with Crippen molar-refractivity contribution in [1.29, 1.82) is 5.41 Å². The summed E-state index contributed by atoms with van der Waals surface area (Å²) in [6.07, 6.45) is -8.78. The van der Waals surface area contributed by atoms with E-state index in [-0.39, 0.29) is 36.8 Å². The molecule has 0 saturated heterocycles. The standard InChI is InChI=1S/C47H55F12N9O5/c1-42(2,46(54,55)56)34(64-38(72)44(5)11-12-44)36(70)63-32(15-24-7-9-25(10-8-24)28-20-62-68(21-28)41(52)53)33(69)23-67(22-29-30(48)16-26(17-31(29)49)27(18-60)19-61-40(50)51)66-37(71)35(43(3,4)47(57,58)59)65-39(73)45(6)13-14-45/h7-10,16-21,32-35,40-41,60-61,69H,11-15,22-23H2,1-6H3,(H,63,70)(H,64,72)(H,65,73)(H,66,71)/b27-19+,60-18?/t32-,33-,34?,35+/m0/s1. The van der Waals surface area contributed by atoms with Crippen LogP contribution < -0.4 is 26.7 Å². The van der Waals surface area contributed by atoms with Crippen molar-refractivity contribution in [3.05, 3.63) is 83.3 Å². The molecule has 5 rings (SSSR count). The Kier molecular flexibility index (Phi) is 17.2. The molecule has 7 N–H and O–H groups in total. The van der Waals surface area contributed by atoms with E-state index in [0.29, 0.717) is 67.5 Å². The molecule has 73 heavy (non-hydrogen) atoms. The largest absolute Gasteiger partial charge is 0.396 e. The quantitative estimate of drug-likeness (QED) is 0.0218. The lowest BCUT2D eigenvalue weighted by Gasteiger charge is -2.39. The number of aliphatic hydroxyl groups excluding tert-OH is 1. The van der Waals surface area contributed by atoms with Gasteiger partial charge in [0.15, 0.2) is 0 Å². The van der Waals surface area contributed by atoms with Gasteiger partial charge in [-0.05, 0) is 88.6 Å². The van der Waals surface area contributed by atoms with Crippen molar-refractivity contribution in [2.45, 2.75) is 130 Å². The molecule has 2 fully saturated rings. The highest BCUT2D eigenvalue weighted by Gasteiger charge is 2.59. The summed E-state index contributed by atoms with van der Waals surface area (Å²) in [5.74, 6) is -7.93. The zero-order chi connectivity index (χ0) is 54.8. The third-order valence-corrected chi connectivity index (χ3v) is 13.4. The van der Waals surface area contributed by atoms with Crippen LogP contribution in [0.15, 0.2) is 55.0 Å². The fourth-order valence-corrected chi connectivity index (χ4v) is 7.34. The number of nitrogens with one attached hydrogen (secondary N) is 6. The molecule has 3 aromatic rings. The van der Waals surface area contributed by atoms with Crippen LogP contribution in [0.4, 0.5) is 52.7 Å². The smallest absolute Gasteiger partial charge is 0.390 e. The Morgan fingerprint density at radius 1 is 0.795 bits per heavy atom. The SMILES string of the molecule is CC1(C(=O)NC(C(=O)N[C@@H](Cc2ccc(-c3cnn(C(F)F)c3)cc2)[C@@H](O)CN(Cc2c(F)cc(/C(C=N)=C/NC(F)F)cc2F)NC(=O)[C@@H](NC(=O)C2(C)CC2)C(C)(C)C(F)(F)F)C(C)(C)C(F)(F)F)CC1. The first-order valence-electron chi connectivity index (χ1n) is 22.6. The van der Waals surface area contributed by atoms with Gasteiger partial charge in [-0.3, -0.25) is 24.6 Å². The number of carbonyl (C=O) groups is 4. The average molecular weight is 1050 g/mol. The van der Waals surface area contributed by atoms with E-state index in [0.717, 1.165) is 12.4 Å². The Morgan fingerprint density at radius 2 is 1.29 bits per heavy atom. The molecule has 2 aliphatic rings. The van der Waals surface area contributed by atoms with E-state index in [9.17, 15) is 68.2 Å². The molecule has 14 nitrogen and oxygen atoms in total. The number of nitrogens with zero attached hydrogens (tertiary/aromatic N) is 3. The fourth-order valence-electron chi connectivity index (χ4n) is 7.34. The van der Waals surface area contributed by atoms with Crippen molar-refractivity contribution in [3.8, 4) is 11.1 Å². The highest BCUT2D eigenvalue weighted by molar-refractivity contribution is 6.08. The molecule has 2 aromatic carbocycles. The van der Waals surface area contributed by atoms with E-state index >= 15 is 8.78 Å². The van der Waals surface area contributed by atoms with Gasteiger partial charge in [-0.1, -0.05) is 38.1 Å². The minimum Gasteiger partial charge on any atom is -0.390 e. The van der Waals surface area contributed by atoms with E-state index in [4.69, 9.17) is 5.41 Å². The summed E-state index contributed by atoms with van der Waals surface area (Å²) >= 11 is 0. The van der Waals surface area contributed by atoms with Crippen LogP contribution in [0.5, 0.6) is 0 Å². The van der Waals surface area contributed by atoms with Crippen molar-refractivity contribution < 1.29 is 77.0 Å². The van der Waals surface area contributed by atoms with Crippen molar-refractivity contribution >= 4 is 35.4 Å². The lowest BCUT2D eigenvalue weighted by atomic mass is 9.82. The highest BCUT2D eigenvalue weighted by atomic mass is 19.4. The summed E-state index contributed by atoms with van der Waals surface area (Å²) in [5, 5.41) is 31.9. The lowest BCUT2D eigenvalue weighted by molar-refractivity contribution is -0.222. The van der Waals surface area contributed by atoms with Gasteiger partial charge in [0.25, 0.3) is 5.91 Å². The number of hydrogen-bond acceptors (Lipinski definition) is 9. The number of carbonyl (C=O) groups excluding carboxylic acids is 4. The van der Waals surface area contributed by atoms with Gasteiger partial charge in [0, 0.05) is 59.2 Å². The first-order chi connectivity index (χ1) is 33.6. The number of hydrazine groups is 1. The molecule has 0 spiro atoms. The second kappa shape index (κ2) is 21.7. The van der Waals surface area contributed by atoms with Gasteiger partial charge in [0.05, 0.1) is 29.2 Å². The molecule has 2 aliphatic carbocycles. The summed E-state index contributed by atoms with van der Waals surface area (Å²) in [5.41, 5.74) is -7.38. The van der Waals surface area contributed by atoms with E-state index in [1.165, 1.54) is 38.1 Å². The molecule has 0 bridgehead atoms. The highest BCUT2D eigenvalue weighted by Crippen LogP contribution is 2.48. The fraction of sp³-hybridized carbons (Fsp3) is 0.532. The number of halogens is 12. The van der Waals surface area contributed by atoms with Crippen LogP contribution in [0, 0.1) is 38.7 Å². The number of hydrogen-bond donors (Lipinski definition) is 7. The third-order valence-electron chi connectivity index (χ3n) is 13.4. The summed E-state index contributed by atoms with van der Waals surface area (Å²) in [6, 6.07) is 0.101. The molecule has 4 amide bonds. The van der Waals surface area contributed by atoms with Crippen LogP contribution >= 0.6 is 0 Å². The second-order valence-corrected chi connectivity index (χ2v) is 19.9. The summed E-state index contributed by atoms with van der Waals surface area (Å²) in [6.45, 7) is -3.10. The van der Waals surface area contributed by atoms with E-state index in [1.54, 1.807) is 5.32 Å². The van der Waals surface area contributed by atoms with E-state index in [2.05, 4.69) is 26.5 Å². The third kappa shape index (κ3) is 13.7. The van der Waals surface area contributed by atoms with Crippen molar-refractivity contribution in [3.63, 3.8) is 0 Å². The van der Waals surface area contributed by atoms with Gasteiger partial charge >= 0.3 is 25.5 Å². The van der Waals surface area contributed by atoms with E-state index in [1.807, 2.05) is 0 Å². The minimum atomic E-state index is -5.20. The van der Waals surface area contributed by atoms with Crippen molar-refractivity contribution in [2.24, 2.45) is 21.7 Å². The molecule has 4 atom stereocenters. The van der Waals surface area contributed by atoms with Gasteiger partial charge in [-0.15, -0.1) is 0 Å². The number of allylic oxidation sites excluding steroid dienone is 1. The minimum absolute atomic E-state index is 0.193. The Morgan fingerprint density at radius 3 is 1.71 bits per heavy atom. The molecule has 2 saturated carbocycles. The molecular formula is C47H55F12N9O5. The monoisotopic (exact) mass is 1050 g/mol. The Bertz CT molecular complexity index is 2520. The molecule has 1 aromatic heterocycles. The maximum absolute atomic E-state index is 16.0. The maximum atomic E-state index is 16.0. The average Bonchev–Trinajstić information content (AvgIpc) is 4.17. The van der Waals surface area contributed by atoms with Crippen molar-refractivity contribution in [1.82, 2.24) is 41.5 Å². The molecule has 0 radical (unpaired) electrons. The van der Waals surface area contributed by atoms with Gasteiger partial charge in [-0.2, -0.15) is 49.0 Å². The topological polar surface area (TPSA) is 194 Å². The number of aliphatic hydroxyl groups is 1. The molecule has 1 heterocycles. The molecular weight excluding hydrogens is 999 g/mol. The normalized spacial score (nSPS) is 17.4. The summed E-state index contributed by atoms with van der Waals surface area (Å²) in [4.78, 5) is 54.9. The van der Waals surface area contributed by atoms with Crippen LogP contribution in [0.25, 0.3) is 16.7 Å². The number of benzene rings is 2. The number of aromatic nitrogens is 2. The predicted octanol–water partition coefficient (Wildman–Crippen LogP) is 7.69.